The molecule has 5 rings (SSSR count). The number of aliphatic hydroxyl groups is 4. The number of aromatic amines is 2. The van der Waals surface area contributed by atoms with Gasteiger partial charge in [-0.15, -0.1) is 0 Å². The maximum Gasteiger partial charge on any atom is 0.338 e. The van der Waals surface area contributed by atoms with Gasteiger partial charge in [-0.2, -0.15) is 4.39 Å². The molecule has 2 saturated heterocycles. The number of esters is 2. The molecule has 3 unspecified atom stereocenters. The van der Waals surface area contributed by atoms with Gasteiger partial charge < -0.3 is 49.1 Å². The molecular formula is C22H25FN2O13. The minimum Gasteiger partial charge on any atom is -0.471 e. The van der Waals surface area contributed by atoms with E-state index in [0.717, 1.165) is 0 Å². The number of nitrogens with one attached hydrogen (secondary N) is 2. The molecule has 38 heavy (non-hydrogen) atoms. The number of ether oxygens (including phenoxy) is 5. The highest BCUT2D eigenvalue weighted by Crippen LogP contribution is 2.49. The quantitative estimate of drug-likeness (QED) is 0.160. The molecule has 208 valence electrons. The predicted octanol–water partition coefficient (Wildman–Crippen LogP) is -3.09. The predicted molar refractivity (Wildman–Crippen MR) is 117 cm³/mol. The van der Waals surface area contributed by atoms with Crippen LogP contribution in [0.5, 0.6) is 0 Å². The number of carbonyl (C=O) groups excluding carboxylic acids is 2. The Balaban J connectivity index is 0.000000317. The second kappa shape index (κ2) is 11.1. The SMILES string of the molecule is CC(=O)OCC1=C[C@@H]2OC(=O)C3=COC(O[C@@H]4O[C@H](CO)[C@@H](O)[C@H](O)[C@H]4O)C1C32.O=c1[nH]cc(F)c(=O)[nH]1. The number of hydrogen-bond donors (Lipinski definition) is 6. The van der Waals surface area contributed by atoms with Gasteiger partial charge in [-0.05, 0) is 11.6 Å². The Kier molecular flexibility index (Phi) is 8.10. The van der Waals surface area contributed by atoms with E-state index in [-0.39, 0.29) is 6.61 Å². The van der Waals surface area contributed by atoms with Gasteiger partial charge in [-0.1, -0.05) is 0 Å². The Morgan fingerprint density at radius 1 is 1.11 bits per heavy atom. The van der Waals surface area contributed by atoms with E-state index in [2.05, 4.69) is 0 Å². The van der Waals surface area contributed by atoms with E-state index in [1.54, 1.807) is 11.1 Å². The summed E-state index contributed by atoms with van der Waals surface area (Å²) in [5, 5.41) is 39.4. The summed E-state index contributed by atoms with van der Waals surface area (Å²) in [6.45, 7) is 0.602. The van der Waals surface area contributed by atoms with Crippen LogP contribution >= 0.6 is 0 Å². The molecule has 15 nitrogen and oxygen atoms in total. The standard InChI is InChI=1S/C18H22O11.C4H3FN2O2/c1-6(20)25-4-7-2-9-12-8(16(24)27-9)5-26-17(11(7)12)29-18-15(23)14(22)13(21)10(3-19)28-18;5-2-1-6-4(9)7-3(2)8/h2,5,9-15,17-19,21-23H,3-4H2,1H3;1H,(H2,6,7,8,9)/t9-,10+,11?,12?,13+,14-,15+,17?,18-;/m0./s1. The van der Waals surface area contributed by atoms with Gasteiger partial charge >= 0.3 is 17.6 Å². The molecule has 1 aliphatic carbocycles. The summed E-state index contributed by atoms with van der Waals surface area (Å²) < 4.78 is 39.0. The van der Waals surface area contributed by atoms with Crippen LogP contribution in [0.15, 0.2) is 39.3 Å². The van der Waals surface area contributed by atoms with Crippen LogP contribution < -0.4 is 11.2 Å². The first-order valence-corrected chi connectivity index (χ1v) is 11.4. The number of aromatic nitrogens is 2. The molecule has 0 amide bonds. The molecule has 0 bridgehead atoms. The summed E-state index contributed by atoms with van der Waals surface area (Å²) in [4.78, 5) is 47.2. The smallest absolute Gasteiger partial charge is 0.338 e. The number of carbonyl (C=O) groups is 2. The van der Waals surface area contributed by atoms with E-state index in [1.807, 2.05) is 4.98 Å². The van der Waals surface area contributed by atoms with Crippen LogP contribution in [0, 0.1) is 17.7 Å². The molecular weight excluding hydrogens is 519 g/mol. The van der Waals surface area contributed by atoms with Gasteiger partial charge in [0, 0.05) is 19.0 Å². The Morgan fingerprint density at radius 3 is 2.47 bits per heavy atom. The minimum absolute atomic E-state index is 0.0598. The van der Waals surface area contributed by atoms with Crippen molar-refractivity contribution in [3.63, 3.8) is 0 Å². The Bertz CT molecular complexity index is 1240. The molecule has 0 radical (unpaired) electrons. The highest BCUT2D eigenvalue weighted by molar-refractivity contribution is 5.92. The summed E-state index contributed by atoms with van der Waals surface area (Å²) >= 11 is 0. The molecule has 1 aromatic heterocycles. The largest absolute Gasteiger partial charge is 0.471 e. The molecule has 0 spiro atoms. The summed E-state index contributed by atoms with van der Waals surface area (Å²) in [5.41, 5.74) is -0.772. The minimum atomic E-state index is -1.61. The number of rotatable bonds is 5. The molecule has 3 aliphatic heterocycles. The molecule has 9 atom stereocenters. The second-order valence-corrected chi connectivity index (χ2v) is 8.77. The van der Waals surface area contributed by atoms with Crippen LogP contribution in [0.25, 0.3) is 0 Å². The molecule has 16 heteroatoms. The van der Waals surface area contributed by atoms with Gasteiger partial charge in [0.2, 0.25) is 12.1 Å². The Labute approximate surface area is 212 Å². The zero-order valence-corrected chi connectivity index (χ0v) is 19.7. The third-order valence-corrected chi connectivity index (χ3v) is 6.34. The lowest BCUT2D eigenvalue weighted by Gasteiger charge is -2.42. The third-order valence-electron chi connectivity index (χ3n) is 6.34. The Morgan fingerprint density at radius 2 is 1.84 bits per heavy atom. The van der Waals surface area contributed by atoms with Gasteiger partial charge in [0.15, 0.2) is 6.29 Å². The molecule has 2 fully saturated rings. The first-order chi connectivity index (χ1) is 18.0. The van der Waals surface area contributed by atoms with Crippen molar-refractivity contribution < 1.29 is 58.1 Å². The summed E-state index contributed by atoms with van der Waals surface area (Å²) in [7, 11) is 0. The van der Waals surface area contributed by atoms with E-state index >= 15 is 0 Å². The first-order valence-electron chi connectivity index (χ1n) is 11.4. The average molecular weight is 544 g/mol. The van der Waals surface area contributed by atoms with Crippen molar-refractivity contribution in [3.8, 4) is 0 Å². The molecule has 0 aromatic carbocycles. The van der Waals surface area contributed by atoms with Gasteiger partial charge in [0.25, 0.3) is 5.56 Å². The number of hydrogen-bond acceptors (Lipinski definition) is 13. The van der Waals surface area contributed by atoms with Crippen molar-refractivity contribution in [2.75, 3.05) is 13.2 Å². The van der Waals surface area contributed by atoms with E-state index in [0.29, 0.717) is 17.3 Å². The van der Waals surface area contributed by atoms with E-state index < -0.39 is 90.5 Å². The Hall–Kier alpha value is -3.41. The van der Waals surface area contributed by atoms with Crippen molar-refractivity contribution in [3.05, 3.63) is 56.3 Å². The van der Waals surface area contributed by atoms with Gasteiger partial charge in [0.05, 0.1) is 24.4 Å². The van der Waals surface area contributed by atoms with E-state index in [9.17, 15) is 44.0 Å². The van der Waals surface area contributed by atoms with Crippen LogP contribution in [0.2, 0.25) is 0 Å². The van der Waals surface area contributed by atoms with Crippen molar-refractivity contribution in [2.24, 2.45) is 11.8 Å². The fourth-order valence-electron chi connectivity index (χ4n) is 4.51. The average Bonchev–Trinajstić information content (AvgIpc) is 3.39. The normalized spacial score (nSPS) is 35.1. The summed E-state index contributed by atoms with van der Waals surface area (Å²) in [6.07, 6.45) is -5.32. The maximum absolute atomic E-state index is 12.0. The van der Waals surface area contributed by atoms with Crippen molar-refractivity contribution in [1.29, 1.82) is 0 Å². The monoisotopic (exact) mass is 544 g/mol. The van der Waals surface area contributed by atoms with Gasteiger partial charge in [0.1, 0.15) is 37.1 Å². The molecule has 4 heterocycles. The van der Waals surface area contributed by atoms with Crippen LogP contribution in [0.1, 0.15) is 6.92 Å². The lowest BCUT2D eigenvalue weighted by atomic mass is 9.84. The highest BCUT2D eigenvalue weighted by atomic mass is 19.1. The van der Waals surface area contributed by atoms with Crippen LogP contribution in [0.4, 0.5) is 4.39 Å². The highest BCUT2D eigenvalue weighted by Gasteiger charge is 2.56. The number of H-pyrrole nitrogens is 2. The first kappa shape index (κ1) is 27.6. The van der Waals surface area contributed by atoms with Crippen LogP contribution in [-0.2, 0) is 33.3 Å². The lowest BCUT2D eigenvalue weighted by Crippen LogP contribution is -2.60. The molecule has 4 aliphatic rings. The van der Waals surface area contributed by atoms with Gasteiger partial charge in [-0.3, -0.25) is 14.6 Å². The summed E-state index contributed by atoms with van der Waals surface area (Å²) in [5.74, 6) is -2.98. The molecule has 1 aromatic rings. The van der Waals surface area contributed by atoms with E-state index in [1.165, 1.54) is 13.2 Å². The van der Waals surface area contributed by atoms with Gasteiger partial charge in [-0.25, -0.2) is 9.59 Å². The van der Waals surface area contributed by atoms with E-state index in [4.69, 9.17) is 23.7 Å². The topological polar surface area (TPSA) is 227 Å². The zero-order valence-electron chi connectivity index (χ0n) is 19.7. The fourth-order valence-corrected chi connectivity index (χ4v) is 4.51. The van der Waals surface area contributed by atoms with Crippen molar-refractivity contribution >= 4 is 11.9 Å². The van der Waals surface area contributed by atoms with Crippen molar-refractivity contribution in [1.82, 2.24) is 9.97 Å². The third kappa shape index (κ3) is 5.40. The van der Waals surface area contributed by atoms with Crippen LogP contribution in [-0.4, -0.2) is 98.6 Å². The number of aliphatic hydroxyl groups excluding tert-OH is 4. The molecule has 6 N–H and O–H groups in total. The van der Waals surface area contributed by atoms with Crippen molar-refractivity contribution in [2.45, 2.75) is 50.0 Å². The lowest BCUT2D eigenvalue weighted by molar-refractivity contribution is -0.339. The number of halogens is 1. The summed E-state index contributed by atoms with van der Waals surface area (Å²) in [6, 6.07) is 0. The zero-order chi connectivity index (χ0) is 27.7. The fraction of sp³-hybridized carbons (Fsp3) is 0.545. The molecule has 0 saturated carbocycles. The maximum atomic E-state index is 12.0. The van der Waals surface area contributed by atoms with Crippen LogP contribution in [0.3, 0.4) is 0 Å². The second-order valence-electron chi connectivity index (χ2n) is 8.77.